The Balaban J connectivity index is 2.53. The van der Waals surface area contributed by atoms with E-state index in [1.54, 1.807) is 26.0 Å². The molecule has 0 heterocycles. The van der Waals surface area contributed by atoms with Crippen LogP contribution in [0.2, 0.25) is 0 Å². The topological polar surface area (TPSA) is 20.2 Å². The zero-order chi connectivity index (χ0) is 12.5. The normalized spacial score (nSPS) is 11.5. The van der Waals surface area contributed by atoms with E-state index in [0.717, 1.165) is 11.1 Å². The van der Waals surface area contributed by atoms with Crippen molar-refractivity contribution in [1.29, 1.82) is 0 Å². The van der Waals surface area contributed by atoms with Crippen molar-refractivity contribution in [3.63, 3.8) is 0 Å². The van der Waals surface area contributed by atoms with E-state index in [9.17, 15) is 9.50 Å². The van der Waals surface area contributed by atoms with Gasteiger partial charge in [-0.2, -0.15) is 0 Å². The van der Waals surface area contributed by atoms with Crippen LogP contribution in [0.5, 0.6) is 0 Å². The maximum absolute atomic E-state index is 13.6. The third kappa shape index (κ3) is 2.53. The Morgan fingerprint density at radius 2 is 1.59 bits per heavy atom. The van der Waals surface area contributed by atoms with E-state index < -0.39 is 5.60 Å². The fraction of sp³-hybridized carbons (Fsp3) is 0.200. The Morgan fingerprint density at radius 1 is 0.941 bits per heavy atom. The van der Waals surface area contributed by atoms with E-state index in [0.29, 0.717) is 5.56 Å². The molecule has 2 heteroatoms. The van der Waals surface area contributed by atoms with Crippen molar-refractivity contribution in [3.8, 4) is 11.1 Å². The van der Waals surface area contributed by atoms with Crippen LogP contribution >= 0.6 is 0 Å². The molecule has 2 rings (SSSR count). The van der Waals surface area contributed by atoms with Gasteiger partial charge in [-0.3, -0.25) is 0 Å². The molecule has 0 bridgehead atoms. The number of aliphatic hydroxyl groups is 1. The molecular formula is C15H15FO. The second-order valence-corrected chi connectivity index (χ2v) is 4.62. The van der Waals surface area contributed by atoms with E-state index in [1.807, 2.05) is 30.3 Å². The summed E-state index contributed by atoms with van der Waals surface area (Å²) in [6.45, 7) is 3.17. The van der Waals surface area contributed by atoms with Crippen LogP contribution in [0.3, 0.4) is 0 Å². The van der Waals surface area contributed by atoms with Gasteiger partial charge in [0.25, 0.3) is 0 Å². The van der Waals surface area contributed by atoms with Crippen LogP contribution in [-0.4, -0.2) is 5.11 Å². The zero-order valence-corrected chi connectivity index (χ0v) is 9.94. The van der Waals surface area contributed by atoms with Gasteiger partial charge in [0.2, 0.25) is 0 Å². The molecule has 1 nitrogen and oxygen atoms in total. The average molecular weight is 230 g/mol. The highest BCUT2D eigenvalue weighted by Gasteiger charge is 2.20. The monoisotopic (exact) mass is 230 g/mol. The van der Waals surface area contributed by atoms with Gasteiger partial charge in [-0.15, -0.1) is 0 Å². The van der Waals surface area contributed by atoms with Crippen molar-refractivity contribution in [2.45, 2.75) is 19.4 Å². The SMILES string of the molecule is CC(C)(O)c1cc(-c2ccccc2)ccc1F. The lowest BCUT2D eigenvalue weighted by atomic mass is 9.94. The van der Waals surface area contributed by atoms with Gasteiger partial charge in [0.1, 0.15) is 5.82 Å². The minimum Gasteiger partial charge on any atom is -0.386 e. The fourth-order valence-corrected chi connectivity index (χ4v) is 1.80. The van der Waals surface area contributed by atoms with E-state index in [-0.39, 0.29) is 5.82 Å². The lowest BCUT2D eigenvalue weighted by Gasteiger charge is -2.19. The first kappa shape index (κ1) is 11.8. The van der Waals surface area contributed by atoms with E-state index >= 15 is 0 Å². The first-order valence-corrected chi connectivity index (χ1v) is 5.56. The predicted octanol–water partition coefficient (Wildman–Crippen LogP) is 3.72. The highest BCUT2D eigenvalue weighted by molar-refractivity contribution is 5.64. The van der Waals surface area contributed by atoms with Crippen LogP contribution in [-0.2, 0) is 5.60 Å². The average Bonchev–Trinajstić information content (AvgIpc) is 2.29. The molecule has 0 fully saturated rings. The van der Waals surface area contributed by atoms with Crippen molar-refractivity contribution in [2.75, 3.05) is 0 Å². The van der Waals surface area contributed by atoms with Crippen molar-refractivity contribution in [2.24, 2.45) is 0 Å². The molecule has 0 aliphatic rings. The van der Waals surface area contributed by atoms with Gasteiger partial charge in [-0.25, -0.2) is 4.39 Å². The number of halogens is 1. The van der Waals surface area contributed by atoms with Crippen LogP contribution in [0.25, 0.3) is 11.1 Å². The van der Waals surface area contributed by atoms with Crippen molar-refractivity contribution in [3.05, 3.63) is 59.9 Å². The quantitative estimate of drug-likeness (QED) is 0.833. The first-order chi connectivity index (χ1) is 7.98. The fourth-order valence-electron chi connectivity index (χ4n) is 1.80. The summed E-state index contributed by atoms with van der Waals surface area (Å²) in [4.78, 5) is 0. The summed E-state index contributed by atoms with van der Waals surface area (Å²) < 4.78 is 13.6. The van der Waals surface area contributed by atoms with Gasteiger partial charge < -0.3 is 5.11 Å². The third-order valence-electron chi connectivity index (χ3n) is 2.73. The van der Waals surface area contributed by atoms with Crippen LogP contribution in [0.15, 0.2) is 48.5 Å². The molecule has 0 aliphatic carbocycles. The number of hydrogen-bond acceptors (Lipinski definition) is 1. The number of rotatable bonds is 2. The molecule has 88 valence electrons. The predicted molar refractivity (Wildman–Crippen MR) is 67.1 cm³/mol. The molecule has 0 saturated heterocycles. The van der Waals surface area contributed by atoms with Gasteiger partial charge in [-0.05, 0) is 37.1 Å². The largest absolute Gasteiger partial charge is 0.386 e. The summed E-state index contributed by atoms with van der Waals surface area (Å²) >= 11 is 0. The van der Waals surface area contributed by atoms with Gasteiger partial charge in [0, 0.05) is 5.56 Å². The molecule has 0 aromatic heterocycles. The molecule has 0 amide bonds. The maximum atomic E-state index is 13.6. The summed E-state index contributed by atoms with van der Waals surface area (Å²) in [5.74, 6) is -0.378. The Kier molecular flexibility index (Phi) is 2.99. The lowest BCUT2D eigenvalue weighted by Crippen LogP contribution is -2.17. The van der Waals surface area contributed by atoms with Crippen molar-refractivity contribution in [1.82, 2.24) is 0 Å². The second-order valence-electron chi connectivity index (χ2n) is 4.62. The molecular weight excluding hydrogens is 215 g/mol. The molecule has 0 unspecified atom stereocenters. The van der Waals surface area contributed by atoms with Crippen LogP contribution < -0.4 is 0 Å². The van der Waals surface area contributed by atoms with Gasteiger partial charge in [-0.1, -0.05) is 36.4 Å². The molecule has 1 N–H and O–H groups in total. The highest BCUT2D eigenvalue weighted by atomic mass is 19.1. The van der Waals surface area contributed by atoms with Gasteiger partial charge in [0.05, 0.1) is 5.60 Å². The van der Waals surface area contributed by atoms with Crippen LogP contribution in [0, 0.1) is 5.82 Å². The van der Waals surface area contributed by atoms with Gasteiger partial charge in [0.15, 0.2) is 0 Å². The van der Waals surface area contributed by atoms with E-state index in [2.05, 4.69) is 0 Å². The summed E-state index contributed by atoms with van der Waals surface area (Å²) in [6.07, 6.45) is 0. The maximum Gasteiger partial charge on any atom is 0.129 e. The van der Waals surface area contributed by atoms with Crippen LogP contribution in [0.1, 0.15) is 19.4 Å². The molecule has 0 aliphatic heterocycles. The first-order valence-electron chi connectivity index (χ1n) is 5.56. The molecule has 0 spiro atoms. The molecule has 0 atom stereocenters. The summed E-state index contributed by atoms with van der Waals surface area (Å²) in [7, 11) is 0. The van der Waals surface area contributed by atoms with Crippen molar-refractivity contribution < 1.29 is 9.50 Å². The Labute approximate surface area is 101 Å². The van der Waals surface area contributed by atoms with E-state index in [4.69, 9.17) is 0 Å². The standard InChI is InChI=1S/C15H15FO/c1-15(2,17)13-10-12(8-9-14(13)16)11-6-4-3-5-7-11/h3-10,17H,1-2H3. The molecule has 0 radical (unpaired) electrons. The number of benzene rings is 2. The Hall–Kier alpha value is -1.67. The molecule has 2 aromatic carbocycles. The van der Waals surface area contributed by atoms with Crippen molar-refractivity contribution >= 4 is 0 Å². The Bertz CT molecular complexity index is 512. The molecule has 0 saturated carbocycles. The number of hydrogen-bond donors (Lipinski definition) is 1. The minimum atomic E-state index is -1.17. The minimum absolute atomic E-state index is 0.318. The summed E-state index contributed by atoms with van der Waals surface area (Å²) in [5, 5.41) is 9.90. The second kappa shape index (κ2) is 4.30. The van der Waals surface area contributed by atoms with Crippen LogP contribution in [0.4, 0.5) is 4.39 Å². The van der Waals surface area contributed by atoms with Gasteiger partial charge >= 0.3 is 0 Å². The lowest BCUT2D eigenvalue weighted by molar-refractivity contribution is 0.0746. The van der Waals surface area contributed by atoms with E-state index in [1.165, 1.54) is 6.07 Å². The zero-order valence-electron chi connectivity index (χ0n) is 9.94. The third-order valence-corrected chi connectivity index (χ3v) is 2.73. The smallest absolute Gasteiger partial charge is 0.129 e. The summed E-state index contributed by atoms with van der Waals surface area (Å²) in [5.41, 5.74) is 1.07. The molecule has 17 heavy (non-hydrogen) atoms. The summed E-state index contributed by atoms with van der Waals surface area (Å²) in [6, 6.07) is 14.5. The molecule has 2 aromatic rings. The Morgan fingerprint density at radius 3 is 2.18 bits per heavy atom. The highest BCUT2D eigenvalue weighted by Crippen LogP contribution is 2.28.